The Balaban J connectivity index is 2.06. The first-order valence-corrected chi connectivity index (χ1v) is 8.54. The van der Waals surface area contributed by atoms with Crippen LogP contribution in [0.25, 0.3) is 6.08 Å². The lowest BCUT2D eigenvalue weighted by molar-refractivity contribution is -0.384. The summed E-state index contributed by atoms with van der Waals surface area (Å²) in [4.78, 5) is 22.4. The molecule has 7 heteroatoms. The van der Waals surface area contributed by atoms with Crippen molar-refractivity contribution >= 4 is 35.0 Å². The number of rotatable bonds is 8. The molecule has 0 bridgehead atoms. The van der Waals surface area contributed by atoms with Gasteiger partial charge < -0.3 is 10.1 Å². The van der Waals surface area contributed by atoms with Crippen LogP contribution in [0, 0.1) is 10.1 Å². The zero-order valence-corrected chi connectivity index (χ0v) is 15.0. The molecule has 2 aromatic rings. The summed E-state index contributed by atoms with van der Waals surface area (Å²) in [6, 6.07) is 11.5. The van der Waals surface area contributed by atoms with Crippen LogP contribution in [0.3, 0.4) is 0 Å². The summed E-state index contributed by atoms with van der Waals surface area (Å²) in [6.45, 7) is 2.70. The monoisotopic (exact) mass is 374 g/mol. The average molecular weight is 375 g/mol. The van der Waals surface area contributed by atoms with Crippen LogP contribution in [-0.2, 0) is 4.79 Å². The van der Waals surface area contributed by atoms with Crippen molar-refractivity contribution < 1.29 is 14.5 Å². The number of nitro benzene ring substituents is 1. The molecule has 0 heterocycles. The van der Waals surface area contributed by atoms with E-state index in [0.29, 0.717) is 18.0 Å². The topological polar surface area (TPSA) is 81.5 Å². The van der Waals surface area contributed by atoms with Crippen molar-refractivity contribution in [3.63, 3.8) is 0 Å². The van der Waals surface area contributed by atoms with Gasteiger partial charge in [-0.25, -0.2) is 0 Å². The minimum absolute atomic E-state index is 0.0155. The molecule has 0 radical (unpaired) electrons. The number of carbonyl (C=O) groups is 1. The van der Waals surface area contributed by atoms with Crippen LogP contribution < -0.4 is 10.1 Å². The number of nitro groups is 1. The van der Waals surface area contributed by atoms with Crippen molar-refractivity contribution in [3.05, 3.63) is 69.2 Å². The first kappa shape index (κ1) is 19.5. The van der Waals surface area contributed by atoms with Gasteiger partial charge in [0.05, 0.1) is 11.5 Å². The summed E-state index contributed by atoms with van der Waals surface area (Å²) in [5.74, 6) is 0.289. The quantitative estimate of drug-likeness (QED) is 0.302. The molecule has 0 fully saturated rings. The van der Waals surface area contributed by atoms with Gasteiger partial charge in [-0.3, -0.25) is 14.9 Å². The Morgan fingerprint density at radius 3 is 2.81 bits per heavy atom. The Hall–Kier alpha value is -2.86. The van der Waals surface area contributed by atoms with Crippen molar-refractivity contribution in [2.45, 2.75) is 19.8 Å². The van der Waals surface area contributed by atoms with E-state index in [1.165, 1.54) is 24.3 Å². The molecule has 0 spiro atoms. The highest BCUT2D eigenvalue weighted by Gasteiger charge is 2.13. The summed E-state index contributed by atoms with van der Waals surface area (Å²) in [7, 11) is 0. The largest absolute Gasteiger partial charge is 0.493 e. The molecule has 136 valence electrons. The highest BCUT2D eigenvalue weighted by molar-refractivity contribution is 6.32. The fourth-order valence-corrected chi connectivity index (χ4v) is 2.34. The summed E-state index contributed by atoms with van der Waals surface area (Å²) in [5, 5.41) is 13.5. The van der Waals surface area contributed by atoms with Crippen molar-refractivity contribution in [2.75, 3.05) is 11.9 Å². The second-order valence-corrected chi connectivity index (χ2v) is 5.89. The molecule has 0 atom stereocenters. The van der Waals surface area contributed by atoms with Gasteiger partial charge in [-0.2, -0.15) is 0 Å². The fraction of sp³-hybridized carbons (Fsp3) is 0.211. The SMILES string of the molecule is CCCCOc1ccccc1/C=C/C(=O)Nc1ccc(Cl)c([N+](=O)[O-])c1. The van der Waals surface area contributed by atoms with Gasteiger partial charge in [-0.05, 0) is 30.7 Å². The molecule has 1 amide bonds. The minimum atomic E-state index is -0.599. The lowest BCUT2D eigenvalue weighted by Gasteiger charge is -2.08. The standard InChI is InChI=1S/C19H19ClN2O4/c1-2-3-12-26-18-7-5-4-6-14(18)8-11-19(23)21-15-9-10-16(20)17(13-15)22(24)25/h4-11,13H,2-3,12H2,1H3,(H,21,23)/b11-8+. The summed E-state index contributed by atoms with van der Waals surface area (Å²) < 4.78 is 5.71. The molecule has 2 aromatic carbocycles. The van der Waals surface area contributed by atoms with E-state index in [2.05, 4.69) is 12.2 Å². The third kappa shape index (κ3) is 5.60. The van der Waals surface area contributed by atoms with Crippen molar-refractivity contribution in [1.29, 1.82) is 0 Å². The van der Waals surface area contributed by atoms with Gasteiger partial charge >= 0.3 is 0 Å². The molecule has 0 saturated heterocycles. The zero-order valence-electron chi connectivity index (χ0n) is 14.3. The Kier molecular flexibility index (Phi) is 7.17. The fourth-order valence-electron chi connectivity index (χ4n) is 2.16. The first-order valence-electron chi connectivity index (χ1n) is 8.16. The van der Waals surface area contributed by atoms with Gasteiger partial charge in [0.1, 0.15) is 10.8 Å². The molecule has 2 rings (SSSR count). The summed E-state index contributed by atoms with van der Waals surface area (Å²) in [6.07, 6.45) is 4.98. The van der Waals surface area contributed by atoms with Crippen LogP contribution in [0.2, 0.25) is 5.02 Å². The van der Waals surface area contributed by atoms with Crippen LogP contribution in [-0.4, -0.2) is 17.4 Å². The number of halogens is 1. The van der Waals surface area contributed by atoms with E-state index in [0.717, 1.165) is 18.4 Å². The number of para-hydroxylation sites is 1. The average Bonchev–Trinajstić information content (AvgIpc) is 2.62. The van der Waals surface area contributed by atoms with E-state index >= 15 is 0 Å². The van der Waals surface area contributed by atoms with Gasteiger partial charge in [0.2, 0.25) is 5.91 Å². The van der Waals surface area contributed by atoms with E-state index in [9.17, 15) is 14.9 Å². The van der Waals surface area contributed by atoms with Crippen LogP contribution in [0.5, 0.6) is 5.75 Å². The van der Waals surface area contributed by atoms with Crippen LogP contribution in [0.1, 0.15) is 25.3 Å². The number of hydrogen-bond donors (Lipinski definition) is 1. The number of nitrogens with zero attached hydrogens (tertiary/aromatic N) is 1. The molecule has 0 aliphatic rings. The van der Waals surface area contributed by atoms with E-state index in [1.807, 2.05) is 24.3 Å². The molecule has 6 nitrogen and oxygen atoms in total. The molecular formula is C19H19ClN2O4. The number of anilines is 1. The normalized spacial score (nSPS) is 10.7. The second kappa shape index (κ2) is 9.58. The van der Waals surface area contributed by atoms with Gasteiger partial charge in [-0.1, -0.05) is 43.1 Å². The lowest BCUT2D eigenvalue weighted by Crippen LogP contribution is -2.08. The van der Waals surface area contributed by atoms with Gasteiger partial charge in [0.15, 0.2) is 0 Å². The number of ether oxygens (including phenoxy) is 1. The number of amides is 1. The second-order valence-electron chi connectivity index (χ2n) is 5.49. The van der Waals surface area contributed by atoms with Crippen molar-refractivity contribution in [1.82, 2.24) is 0 Å². The highest BCUT2D eigenvalue weighted by atomic mass is 35.5. The third-order valence-corrected chi connectivity index (χ3v) is 3.82. The zero-order chi connectivity index (χ0) is 18.9. The van der Waals surface area contributed by atoms with E-state index < -0.39 is 10.8 Å². The maximum Gasteiger partial charge on any atom is 0.289 e. The lowest BCUT2D eigenvalue weighted by atomic mass is 10.2. The molecule has 26 heavy (non-hydrogen) atoms. The van der Waals surface area contributed by atoms with E-state index in [1.54, 1.807) is 6.08 Å². The molecular weight excluding hydrogens is 356 g/mol. The molecule has 1 N–H and O–H groups in total. The van der Waals surface area contributed by atoms with Gasteiger partial charge in [-0.15, -0.1) is 0 Å². The molecule has 0 aliphatic heterocycles. The van der Waals surface area contributed by atoms with E-state index in [4.69, 9.17) is 16.3 Å². The predicted molar refractivity (Wildman–Crippen MR) is 103 cm³/mol. The molecule has 0 aliphatic carbocycles. The Labute approximate surface area is 156 Å². The smallest absolute Gasteiger partial charge is 0.289 e. The maximum atomic E-state index is 12.1. The number of benzene rings is 2. The summed E-state index contributed by atoms with van der Waals surface area (Å²) >= 11 is 5.76. The predicted octanol–water partition coefficient (Wildman–Crippen LogP) is 5.08. The van der Waals surface area contributed by atoms with Gasteiger partial charge in [0, 0.05) is 23.4 Å². The Morgan fingerprint density at radius 2 is 2.08 bits per heavy atom. The van der Waals surface area contributed by atoms with Crippen LogP contribution in [0.15, 0.2) is 48.5 Å². The third-order valence-electron chi connectivity index (χ3n) is 3.50. The molecule has 0 unspecified atom stereocenters. The number of hydrogen-bond acceptors (Lipinski definition) is 4. The first-order chi connectivity index (χ1) is 12.5. The maximum absolute atomic E-state index is 12.1. The number of carbonyl (C=O) groups excluding carboxylic acids is 1. The number of unbranched alkanes of at least 4 members (excludes halogenated alkanes) is 1. The van der Waals surface area contributed by atoms with Crippen molar-refractivity contribution in [2.24, 2.45) is 0 Å². The summed E-state index contributed by atoms with van der Waals surface area (Å²) in [5.41, 5.74) is 0.812. The van der Waals surface area contributed by atoms with Crippen molar-refractivity contribution in [3.8, 4) is 5.75 Å². The van der Waals surface area contributed by atoms with Crippen LogP contribution in [0.4, 0.5) is 11.4 Å². The van der Waals surface area contributed by atoms with Crippen LogP contribution >= 0.6 is 11.6 Å². The Morgan fingerprint density at radius 1 is 1.31 bits per heavy atom. The van der Waals surface area contributed by atoms with Gasteiger partial charge in [0.25, 0.3) is 5.69 Å². The highest BCUT2D eigenvalue weighted by Crippen LogP contribution is 2.27. The number of nitrogens with one attached hydrogen (secondary N) is 1. The molecule has 0 aromatic heterocycles. The van der Waals surface area contributed by atoms with E-state index in [-0.39, 0.29) is 10.7 Å². The minimum Gasteiger partial charge on any atom is -0.493 e. The molecule has 0 saturated carbocycles. The Bertz CT molecular complexity index is 821.